The summed E-state index contributed by atoms with van der Waals surface area (Å²) in [7, 11) is 1.35. The fraction of sp³-hybridized carbons (Fsp3) is 0.167. The van der Waals surface area contributed by atoms with Gasteiger partial charge in [0.2, 0.25) is 12.2 Å². The predicted octanol–water partition coefficient (Wildman–Crippen LogP) is 0.592. The lowest BCUT2D eigenvalue weighted by atomic mass is 10.8. The molecular weight excluding hydrogens is 240 g/mol. The van der Waals surface area contributed by atoms with Gasteiger partial charge < -0.3 is 5.73 Å². The van der Waals surface area contributed by atoms with Crippen molar-refractivity contribution in [3.05, 3.63) is 10.7 Å². The maximum atomic E-state index is 8.65. The molecule has 15 heavy (non-hydrogen) atoms. The minimum atomic E-state index is -0.0698. The van der Waals surface area contributed by atoms with Crippen LogP contribution in [-0.4, -0.2) is 23.1 Å². The van der Waals surface area contributed by atoms with Gasteiger partial charge in [-0.25, -0.2) is 9.98 Å². The number of hydrazine groups is 1. The van der Waals surface area contributed by atoms with Crippen LogP contribution >= 0.6 is 22.9 Å². The van der Waals surface area contributed by atoms with Crippen LogP contribution in [0.3, 0.4) is 0 Å². The zero-order chi connectivity index (χ0) is 11.3. The van der Waals surface area contributed by atoms with Crippen molar-refractivity contribution in [2.75, 3.05) is 7.11 Å². The number of guanidine groups is 1. The van der Waals surface area contributed by atoms with Gasteiger partial charge in [0.05, 0.1) is 13.3 Å². The highest BCUT2D eigenvalue weighted by atomic mass is 35.5. The second-order valence-electron chi connectivity index (χ2n) is 2.15. The molecule has 0 aliphatic heterocycles. The molecule has 1 aromatic heterocycles. The van der Waals surface area contributed by atoms with E-state index in [9.17, 15) is 0 Å². The minimum absolute atomic E-state index is 0.0698. The second-order valence-corrected chi connectivity index (χ2v) is 3.74. The van der Waals surface area contributed by atoms with Gasteiger partial charge >= 0.3 is 0 Å². The molecule has 0 fully saturated rings. The molecule has 1 rings (SSSR count). The van der Waals surface area contributed by atoms with E-state index in [1.165, 1.54) is 13.3 Å². The zero-order valence-electron chi connectivity index (χ0n) is 7.64. The van der Waals surface area contributed by atoms with E-state index >= 15 is 0 Å². The van der Waals surface area contributed by atoms with Crippen molar-refractivity contribution in [1.82, 2.24) is 15.6 Å². The lowest BCUT2D eigenvalue weighted by Gasteiger charge is -2.12. The monoisotopic (exact) mass is 246 g/mol. The van der Waals surface area contributed by atoms with Crippen molar-refractivity contribution in [3.8, 4) is 6.19 Å². The number of rotatable bonds is 3. The lowest BCUT2D eigenvalue weighted by Crippen LogP contribution is -2.42. The third-order valence-electron chi connectivity index (χ3n) is 1.20. The van der Waals surface area contributed by atoms with Crippen LogP contribution in [0.15, 0.2) is 11.2 Å². The summed E-state index contributed by atoms with van der Waals surface area (Å²) >= 11 is 6.74. The first-order chi connectivity index (χ1) is 7.17. The fourth-order valence-corrected chi connectivity index (χ4v) is 1.48. The summed E-state index contributed by atoms with van der Waals surface area (Å²) < 4.78 is 0.352. The van der Waals surface area contributed by atoms with Gasteiger partial charge in [-0.05, 0) is 0 Å². The topological polar surface area (TPSA) is 99.6 Å². The van der Waals surface area contributed by atoms with Crippen LogP contribution in [0, 0.1) is 11.5 Å². The zero-order valence-corrected chi connectivity index (χ0v) is 9.21. The summed E-state index contributed by atoms with van der Waals surface area (Å²) in [5, 5.41) is 10.00. The van der Waals surface area contributed by atoms with Crippen molar-refractivity contribution in [2.45, 2.75) is 0 Å². The molecule has 0 radical (unpaired) electrons. The van der Waals surface area contributed by atoms with Gasteiger partial charge in [0.25, 0.3) is 0 Å². The highest BCUT2D eigenvalue weighted by molar-refractivity contribution is 7.19. The largest absolute Gasteiger partial charge is 0.367 e. The van der Waals surface area contributed by atoms with Crippen LogP contribution in [-0.2, 0) is 4.84 Å². The van der Waals surface area contributed by atoms with Crippen LogP contribution in [0.4, 0.5) is 5.00 Å². The molecule has 0 unspecified atom stereocenters. The number of aliphatic imine (C=N–C) groups is 1. The first-order valence-electron chi connectivity index (χ1n) is 3.61. The Morgan fingerprint density at radius 2 is 2.67 bits per heavy atom. The van der Waals surface area contributed by atoms with Gasteiger partial charge in [-0.15, -0.1) is 0 Å². The maximum absolute atomic E-state index is 8.65. The van der Waals surface area contributed by atoms with E-state index in [0.29, 0.717) is 9.47 Å². The molecule has 0 aliphatic carbocycles. The average Bonchev–Trinajstić information content (AvgIpc) is 2.60. The molecule has 0 saturated heterocycles. The number of aromatic nitrogens is 1. The van der Waals surface area contributed by atoms with Gasteiger partial charge in [0.1, 0.15) is 5.00 Å². The van der Waals surface area contributed by atoms with Crippen LogP contribution in [0.25, 0.3) is 0 Å². The van der Waals surface area contributed by atoms with Gasteiger partial charge in [-0.3, -0.25) is 4.84 Å². The quantitative estimate of drug-likeness (QED) is 0.266. The number of nitrogens with zero attached hydrogens (tertiary/aromatic N) is 4. The Morgan fingerprint density at radius 1 is 1.93 bits per heavy atom. The number of nitrogens with two attached hydrogens (primary N) is 1. The molecular formula is C6H7ClN6OS. The van der Waals surface area contributed by atoms with Crippen molar-refractivity contribution in [3.63, 3.8) is 0 Å². The standard InChI is InChI=1S/C6H7ClN6OS/c1-14-12-13(3-8)6(9)11-4-2-10-5(7)15-4/h2,12H,1H3,(H2,9,11). The first kappa shape index (κ1) is 11.7. The summed E-state index contributed by atoms with van der Waals surface area (Å²) in [5.41, 5.74) is 7.73. The predicted molar refractivity (Wildman–Crippen MR) is 56.0 cm³/mol. The molecule has 9 heteroatoms. The second kappa shape index (κ2) is 5.47. The summed E-state index contributed by atoms with van der Waals surface area (Å²) in [5.74, 6) is -0.0698. The van der Waals surface area contributed by atoms with Gasteiger partial charge in [0.15, 0.2) is 4.47 Å². The molecule has 0 spiro atoms. The van der Waals surface area contributed by atoms with Crippen LogP contribution < -0.4 is 11.3 Å². The average molecular weight is 247 g/mol. The normalized spacial score (nSPS) is 11.1. The number of nitrogens with one attached hydrogen (secondary N) is 1. The van der Waals surface area contributed by atoms with Crippen LogP contribution in [0.5, 0.6) is 0 Å². The number of hydrogen-bond donors (Lipinski definition) is 2. The van der Waals surface area contributed by atoms with Gasteiger partial charge in [-0.1, -0.05) is 28.5 Å². The number of hydrogen-bond acceptors (Lipinski definition) is 6. The summed E-state index contributed by atoms with van der Waals surface area (Å²) in [4.78, 5) is 12.2. The van der Waals surface area contributed by atoms with E-state index in [0.717, 1.165) is 16.3 Å². The lowest BCUT2D eigenvalue weighted by molar-refractivity contribution is 0.0110. The van der Waals surface area contributed by atoms with Gasteiger partial charge in [0, 0.05) is 0 Å². The summed E-state index contributed by atoms with van der Waals surface area (Å²) in [6, 6.07) is 0. The molecule has 0 bridgehead atoms. The van der Waals surface area contributed by atoms with Crippen LogP contribution in [0.1, 0.15) is 0 Å². The summed E-state index contributed by atoms with van der Waals surface area (Å²) in [6.45, 7) is 0. The number of halogens is 1. The Morgan fingerprint density at radius 3 is 3.13 bits per heavy atom. The van der Waals surface area contributed by atoms with E-state index in [-0.39, 0.29) is 5.96 Å². The van der Waals surface area contributed by atoms with Gasteiger partial charge in [-0.2, -0.15) is 10.3 Å². The number of nitriles is 1. The molecule has 1 heterocycles. The van der Waals surface area contributed by atoms with E-state index in [2.05, 4.69) is 20.4 Å². The highest BCUT2D eigenvalue weighted by Crippen LogP contribution is 2.25. The van der Waals surface area contributed by atoms with Crippen molar-refractivity contribution >= 4 is 33.9 Å². The fourth-order valence-electron chi connectivity index (χ4n) is 0.669. The molecule has 0 aromatic carbocycles. The minimum Gasteiger partial charge on any atom is -0.367 e. The first-order valence-corrected chi connectivity index (χ1v) is 4.80. The van der Waals surface area contributed by atoms with Crippen LogP contribution in [0.2, 0.25) is 4.47 Å². The van der Waals surface area contributed by atoms with E-state index in [4.69, 9.17) is 22.6 Å². The molecule has 1 aromatic rings. The summed E-state index contributed by atoms with van der Waals surface area (Å²) in [6.07, 6.45) is 3.17. The number of thiazole rings is 1. The molecule has 0 aliphatic rings. The van der Waals surface area contributed by atoms with Crippen molar-refractivity contribution < 1.29 is 4.84 Å². The maximum Gasteiger partial charge on any atom is 0.228 e. The molecule has 80 valence electrons. The Balaban J connectivity index is 2.78. The third-order valence-corrected chi connectivity index (χ3v) is 2.21. The Kier molecular flexibility index (Phi) is 4.26. The van der Waals surface area contributed by atoms with Crippen molar-refractivity contribution in [2.24, 2.45) is 10.7 Å². The Labute approximate surface area is 94.7 Å². The molecule has 7 nitrogen and oxygen atoms in total. The van der Waals surface area contributed by atoms with E-state index in [1.807, 2.05) is 0 Å². The smallest absolute Gasteiger partial charge is 0.228 e. The Hall–Kier alpha value is -1.40. The molecule has 3 N–H and O–H groups in total. The van der Waals surface area contributed by atoms with E-state index < -0.39 is 0 Å². The third kappa shape index (κ3) is 3.34. The van der Waals surface area contributed by atoms with Crippen molar-refractivity contribution in [1.29, 1.82) is 5.26 Å². The SMILES string of the molecule is CONN(C#N)C(N)=Nc1cnc(Cl)s1. The Bertz CT molecular complexity index is 399. The van der Waals surface area contributed by atoms with E-state index in [1.54, 1.807) is 6.19 Å². The molecule has 0 amide bonds. The molecule has 0 saturated carbocycles. The highest BCUT2D eigenvalue weighted by Gasteiger charge is 2.07. The molecule has 0 atom stereocenters.